The molecule has 0 spiro atoms. The summed E-state index contributed by atoms with van der Waals surface area (Å²) in [6, 6.07) is 6.79. The molecule has 1 heteroatoms. The highest BCUT2D eigenvalue weighted by Gasteiger charge is 2.01. The van der Waals surface area contributed by atoms with E-state index < -0.39 is 0 Å². The molecule has 0 aromatic heterocycles. The maximum atomic E-state index is 3.51. The third-order valence-electron chi connectivity index (χ3n) is 2.76. The van der Waals surface area contributed by atoms with Crippen molar-refractivity contribution in [2.24, 2.45) is 5.92 Å². The van der Waals surface area contributed by atoms with E-state index in [-0.39, 0.29) is 0 Å². The molecule has 1 rings (SSSR count). The molecule has 0 radical (unpaired) electrons. The summed E-state index contributed by atoms with van der Waals surface area (Å²) in [5.74, 6) is 0.775. The summed E-state index contributed by atoms with van der Waals surface area (Å²) >= 11 is 3.51. The Morgan fingerprint density at radius 1 is 1.21 bits per heavy atom. The third kappa shape index (κ3) is 3.45. The van der Waals surface area contributed by atoms with Gasteiger partial charge in [-0.05, 0) is 49.3 Å². The van der Waals surface area contributed by atoms with Crippen molar-refractivity contribution in [2.75, 3.05) is 5.33 Å². The second-order valence-electron chi connectivity index (χ2n) is 4.22. The molecule has 0 heterocycles. The van der Waals surface area contributed by atoms with Crippen LogP contribution < -0.4 is 0 Å². The van der Waals surface area contributed by atoms with Gasteiger partial charge in [0.05, 0.1) is 0 Å². The lowest BCUT2D eigenvalue weighted by Gasteiger charge is -2.08. The van der Waals surface area contributed by atoms with Crippen molar-refractivity contribution >= 4 is 15.9 Å². The molecule has 1 aromatic carbocycles. The normalized spacial score (nSPS) is 12.9. The number of rotatable bonds is 4. The zero-order valence-electron chi connectivity index (χ0n) is 9.31. The van der Waals surface area contributed by atoms with Crippen molar-refractivity contribution < 1.29 is 0 Å². The summed E-state index contributed by atoms with van der Waals surface area (Å²) in [6.45, 7) is 6.64. The Kier molecular flexibility index (Phi) is 4.67. The minimum atomic E-state index is 0.775. The topological polar surface area (TPSA) is 0 Å². The van der Waals surface area contributed by atoms with Gasteiger partial charge in [0.2, 0.25) is 0 Å². The van der Waals surface area contributed by atoms with E-state index in [9.17, 15) is 0 Å². The monoisotopic (exact) mass is 254 g/mol. The Balaban J connectivity index is 2.55. The first-order valence-corrected chi connectivity index (χ1v) is 6.37. The molecule has 0 saturated heterocycles. The zero-order chi connectivity index (χ0) is 10.6. The van der Waals surface area contributed by atoms with Crippen LogP contribution in [0, 0.1) is 19.8 Å². The molecule has 0 aliphatic rings. The lowest BCUT2D eigenvalue weighted by Crippen LogP contribution is -1.98. The van der Waals surface area contributed by atoms with Gasteiger partial charge in [0, 0.05) is 5.33 Å². The van der Waals surface area contributed by atoms with Crippen LogP contribution in [-0.2, 0) is 6.42 Å². The predicted molar refractivity (Wildman–Crippen MR) is 67.2 cm³/mol. The fourth-order valence-electron chi connectivity index (χ4n) is 1.45. The fourth-order valence-corrected chi connectivity index (χ4v) is 1.77. The fraction of sp³-hybridized carbons (Fsp3) is 0.538. The standard InChI is InChI=1S/C13H19Br/c1-10(9-14)4-6-13-7-5-11(2)12(3)8-13/h5,7-8,10H,4,6,9H2,1-3H3. The summed E-state index contributed by atoms with van der Waals surface area (Å²) in [4.78, 5) is 0. The molecule has 0 bridgehead atoms. The first kappa shape index (κ1) is 11.8. The van der Waals surface area contributed by atoms with Crippen LogP contribution in [0.1, 0.15) is 30.0 Å². The lowest BCUT2D eigenvalue weighted by molar-refractivity contribution is 0.599. The van der Waals surface area contributed by atoms with Crippen molar-refractivity contribution in [3.05, 3.63) is 34.9 Å². The highest BCUT2D eigenvalue weighted by atomic mass is 79.9. The van der Waals surface area contributed by atoms with Gasteiger partial charge in [-0.25, -0.2) is 0 Å². The Labute approximate surface area is 95.9 Å². The summed E-state index contributed by atoms with van der Waals surface area (Å²) in [5, 5.41) is 1.11. The van der Waals surface area contributed by atoms with E-state index in [1.807, 2.05) is 0 Å². The van der Waals surface area contributed by atoms with Gasteiger partial charge in [-0.2, -0.15) is 0 Å². The van der Waals surface area contributed by atoms with Crippen LogP contribution in [0.4, 0.5) is 0 Å². The van der Waals surface area contributed by atoms with Gasteiger partial charge in [0.25, 0.3) is 0 Å². The van der Waals surface area contributed by atoms with Crippen molar-refractivity contribution in [3.8, 4) is 0 Å². The van der Waals surface area contributed by atoms with Crippen LogP contribution in [0.3, 0.4) is 0 Å². The minimum absolute atomic E-state index is 0.775. The number of benzene rings is 1. The highest BCUT2D eigenvalue weighted by molar-refractivity contribution is 9.09. The largest absolute Gasteiger partial charge is 0.0925 e. The second-order valence-corrected chi connectivity index (χ2v) is 4.86. The molecule has 1 unspecified atom stereocenters. The molecule has 14 heavy (non-hydrogen) atoms. The number of hydrogen-bond acceptors (Lipinski definition) is 0. The van der Waals surface area contributed by atoms with Crippen LogP contribution in [-0.4, -0.2) is 5.33 Å². The molecule has 0 aliphatic heterocycles. The Morgan fingerprint density at radius 3 is 2.50 bits per heavy atom. The molecule has 0 fully saturated rings. The van der Waals surface area contributed by atoms with Crippen LogP contribution >= 0.6 is 15.9 Å². The Morgan fingerprint density at radius 2 is 1.93 bits per heavy atom. The van der Waals surface area contributed by atoms with E-state index in [0.717, 1.165) is 11.2 Å². The van der Waals surface area contributed by atoms with Gasteiger partial charge in [-0.1, -0.05) is 41.1 Å². The predicted octanol–water partition coefficient (Wildman–Crippen LogP) is 4.27. The van der Waals surface area contributed by atoms with Gasteiger partial charge in [0.15, 0.2) is 0 Å². The molecule has 78 valence electrons. The maximum absolute atomic E-state index is 3.51. The molecule has 0 aliphatic carbocycles. The summed E-state index contributed by atoms with van der Waals surface area (Å²) in [7, 11) is 0. The lowest BCUT2D eigenvalue weighted by atomic mass is 9.99. The Hall–Kier alpha value is -0.300. The summed E-state index contributed by atoms with van der Waals surface area (Å²) in [5.41, 5.74) is 4.28. The molecular formula is C13H19Br. The second kappa shape index (κ2) is 5.55. The van der Waals surface area contributed by atoms with E-state index in [1.54, 1.807) is 0 Å². The van der Waals surface area contributed by atoms with E-state index in [4.69, 9.17) is 0 Å². The number of aryl methyl sites for hydroxylation is 3. The average molecular weight is 255 g/mol. The van der Waals surface area contributed by atoms with Gasteiger partial charge < -0.3 is 0 Å². The van der Waals surface area contributed by atoms with Crippen LogP contribution in [0.2, 0.25) is 0 Å². The smallest absolute Gasteiger partial charge is 0.00571 e. The van der Waals surface area contributed by atoms with E-state index in [0.29, 0.717) is 0 Å². The minimum Gasteiger partial charge on any atom is -0.0925 e. The quantitative estimate of drug-likeness (QED) is 0.705. The van der Waals surface area contributed by atoms with E-state index in [2.05, 4.69) is 54.9 Å². The first-order chi connectivity index (χ1) is 6.63. The molecule has 0 nitrogen and oxygen atoms in total. The van der Waals surface area contributed by atoms with Gasteiger partial charge in [0.1, 0.15) is 0 Å². The molecular weight excluding hydrogens is 236 g/mol. The van der Waals surface area contributed by atoms with Gasteiger partial charge in [-0.15, -0.1) is 0 Å². The van der Waals surface area contributed by atoms with Gasteiger partial charge >= 0.3 is 0 Å². The SMILES string of the molecule is Cc1ccc(CCC(C)CBr)cc1C. The first-order valence-electron chi connectivity index (χ1n) is 5.25. The van der Waals surface area contributed by atoms with Crippen molar-refractivity contribution in [2.45, 2.75) is 33.6 Å². The van der Waals surface area contributed by atoms with Crippen LogP contribution in [0.25, 0.3) is 0 Å². The molecule has 1 atom stereocenters. The molecule has 0 saturated carbocycles. The van der Waals surface area contributed by atoms with Gasteiger partial charge in [-0.3, -0.25) is 0 Å². The van der Waals surface area contributed by atoms with E-state index in [1.165, 1.54) is 29.5 Å². The number of hydrogen-bond donors (Lipinski definition) is 0. The maximum Gasteiger partial charge on any atom is 0.00571 e. The zero-order valence-corrected chi connectivity index (χ0v) is 10.9. The summed E-state index contributed by atoms with van der Waals surface area (Å²) in [6.07, 6.45) is 2.47. The molecule has 0 N–H and O–H groups in total. The van der Waals surface area contributed by atoms with Crippen molar-refractivity contribution in [3.63, 3.8) is 0 Å². The van der Waals surface area contributed by atoms with Crippen LogP contribution in [0.5, 0.6) is 0 Å². The van der Waals surface area contributed by atoms with Crippen molar-refractivity contribution in [1.29, 1.82) is 0 Å². The van der Waals surface area contributed by atoms with Crippen LogP contribution in [0.15, 0.2) is 18.2 Å². The number of alkyl halides is 1. The third-order valence-corrected chi connectivity index (χ3v) is 3.87. The average Bonchev–Trinajstić information content (AvgIpc) is 2.19. The summed E-state index contributed by atoms with van der Waals surface area (Å²) < 4.78 is 0. The van der Waals surface area contributed by atoms with E-state index >= 15 is 0 Å². The highest BCUT2D eigenvalue weighted by Crippen LogP contribution is 2.14. The number of halogens is 1. The van der Waals surface area contributed by atoms with Crippen molar-refractivity contribution in [1.82, 2.24) is 0 Å². The Bertz CT molecular complexity index is 291. The molecule has 0 amide bonds. The molecule has 1 aromatic rings.